The smallest absolute Gasteiger partial charge is 0.661 e. The van der Waals surface area contributed by atoms with Crippen molar-refractivity contribution < 1.29 is 96.3 Å². The van der Waals surface area contributed by atoms with E-state index in [2.05, 4.69) is 9.97 Å². The molecular weight excluding hydrogens is 872 g/mol. The second-order valence-corrected chi connectivity index (χ2v) is 15.5. The zero-order valence-electron chi connectivity index (χ0n) is 33.8. The van der Waals surface area contributed by atoms with E-state index in [-0.39, 0.29) is 121 Å². The van der Waals surface area contributed by atoms with Crippen molar-refractivity contribution in [2.75, 3.05) is 0 Å². The van der Waals surface area contributed by atoms with Gasteiger partial charge < -0.3 is 61.5 Å². The Kier molecular flexibility index (Phi) is 15.1. The maximum absolute atomic E-state index is 12.6. The maximum atomic E-state index is 12.6. The van der Waals surface area contributed by atoms with E-state index < -0.39 is 110 Å². The van der Waals surface area contributed by atoms with Crippen LogP contribution in [0.25, 0.3) is 28.9 Å². The summed E-state index contributed by atoms with van der Waals surface area (Å²) in [5, 5.41) is 88.9. The van der Waals surface area contributed by atoms with E-state index in [0.717, 1.165) is 0 Å². The molecule has 21 heteroatoms. The van der Waals surface area contributed by atoms with Gasteiger partial charge in [-0.05, 0) is 36.8 Å². The van der Waals surface area contributed by atoms with Gasteiger partial charge in [0.15, 0.2) is 0 Å². The zero-order valence-corrected chi connectivity index (χ0v) is 34.9. The third kappa shape index (κ3) is 11.0. The Balaban J connectivity index is 0.00000871. The minimum absolute atomic E-state index is 0. The Bertz CT molecular complexity index is 2560. The first-order valence-corrected chi connectivity index (χ1v) is 19.2. The summed E-state index contributed by atoms with van der Waals surface area (Å²) < 4.78 is 0. The number of hydrogen-bond acceptors (Lipinski definition) is 8. The molecule has 2 unspecified atom stereocenters. The minimum atomic E-state index is -1.61. The molecule has 0 amide bonds. The minimum Gasteiger partial charge on any atom is -0.661 e. The number of aromatic nitrogens is 2. The normalized spacial score (nSPS) is 21.5. The van der Waals surface area contributed by atoms with Crippen LogP contribution in [0.5, 0.6) is 0 Å². The molecule has 0 spiro atoms. The first kappa shape index (κ1) is 48.8. The van der Waals surface area contributed by atoms with Crippen LogP contribution in [-0.2, 0) is 81.1 Å². The average Bonchev–Trinajstić information content (AvgIpc) is 3.77. The Labute approximate surface area is 368 Å². The molecule has 334 valence electrons. The monoisotopic (exact) mass is 914 g/mol. The molecule has 0 aliphatic carbocycles. The van der Waals surface area contributed by atoms with Crippen molar-refractivity contribution in [1.82, 2.24) is 9.97 Å². The molecule has 2 aromatic rings. The number of fused-ring (bicyclic) bond motifs is 8. The zero-order chi connectivity index (χ0) is 45.8. The van der Waals surface area contributed by atoms with E-state index in [1.807, 2.05) is 0 Å². The number of nitrogens with zero attached hydrogens (tertiary/aromatic N) is 4. The van der Waals surface area contributed by atoms with Crippen LogP contribution in [-0.4, -0.2) is 88.6 Å². The summed E-state index contributed by atoms with van der Waals surface area (Å²) in [6.45, 7) is 2.97. The number of hydrogen-bond donors (Lipinski definition) is 8. The van der Waals surface area contributed by atoms with Gasteiger partial charge in [-0.2, -0.15) is 11.4 Å². The Hall–Kier alpha value is -6.86. The predicted octanol–water partition coefficient (Wildman–Crippen LogP) is 2.71. The van der Waals surface area contributed by atoms with E-state index in [1.165, 1.54) is 38.2 Å². The Morgan fingerprint density at radius 1 is 0.444 bits per heavy atom. The van der Waals surface area contributed by atoms with Crippen molar-refractivity contribution in [2.24, 2.45) is 10.8 Å². The molecule has 20 nitrogen and oxygen atoms in total. The summed E-state index contributed by atoms with van der Waals surface area (Å²) >= 11 is 0. The molecule has 0 saturated heterocycles. The van der Waals surface area contributed by atoms with Gasteiger partial charge in [0.1, 0.15) is 0 Å². The van der Waals surface area contributed by atoms with Gasteiger partial charge in [0.25, 0.3) is 0 Å². The van der Waals surface area contributed by atoms with Crippen LogP contribution in [0, 0.1) is 10.8 Å². The molecule has 2 atom stereocenters. The standard InChI is InChI=1S/C42H42N4O16.Fe/c1-41(17-39(59)60)23(5-9-35(51)52)29-14-27-21(11-37(55)56)19(3-7-33(47)48)25(43-27)13-26-20(4-8-34(49)50)22(12-38(57)58)28(44-26)15-31-42(2,18-40(61)62)24(6-10-36(53)54)30(46-31)16-32(41)45-29;/h13-16H,3-12,17-18H2,1-2H3,(H,47,48)(H,49,50)(H,51,52)(H,53,54)(H,55,56)(H,57,58)(H,59,60)(H,61,62);/q-4;+4/b25-13-,27-14-,31-15-,32-16-;. The van der Waals surface area contributed by atoms with Gasteiger partial charge in [0.05, 0.1) is 25.7 Å². The van der Waals surface area contributed by atoms with E-state index in [1.54, 1.807) is 0 Å². The Morgan fingerprint density at radius 2 is 0.841 bits per heavy atom. The SMILES string of the molecule is CC1(CC(=O)O)C(CCC(=O)O)=C2/C=c3\[n-]/c(c(CCC(=O)O)c3CC(=O)O)=C\c3[n-]c(c(CC(=O)O)c3CCC(=O)O)/C=C3\[N-]C(=C(CCC(=O)O)C3(C)CC(=O)O)/C=C/1[N-]2.[Fe+4]. The molecule has 0 aromatic carbocycles. The van der Waals surface area contributed by atoms with Crippen LogP contribution >= 0.6 is 0 Å². The van der Waals surface area contributed by atoms with Crippen molar-refractivity contribution in [2.45, 2.75) is 90.9 Å². The van der Waals surface area contributed by atoms with Crippen molar-refractivity contribution in [1.29, 1.82) is 0 Å². The van der Waals surface area contributed by atoms with Gasteiger partial charge in [-0.3, -0.25) is 38.4 Å². The molecule has 0 saturated carbocycles. The summed E-state index contributed by atoms with van der Waals surface area (Å²) in [7, 11) is 0. The fraction of sp³-hybridized carbons (Fsp3) is 0.381. The molecule has 63 heavy (non-hydrogen) atoms. The number of aliphatic carboxylic acids is 8. The molecule has 8 bridgehead atoms. The van der Waals surface area contributed by atoms with Crippen molar-refractivity contribution in [3.05, 3.63) is 95.0 Å². The van der Waals surface area contributed by atoms with Gasteiger partial charge in [0.2, 0.25) is 0 Å². The van der Waals surface area contributed by atoms with Crippen LogP contribution in [0.15, 0.2) is 40.0 Å². The van der Waals surface area contributed by atoms with Crippen molar-refractivity contribution in [3.8, 4) is 0 Å². The predicted molar refractivity (Wildman–Crippen MR) is 213 cm³/mol. The van der Waals surface area contributed by atoms with Crippen molar-refractivity contribution in [3.63, 3.8) is 0 Å². The molecule has 2 aromatic heterocycles. The summed E-state index contributed by atoms with van der Waals surface area (Å²) in [6, 6.07) is 0. The van der Waals surface area contributed by atoms with Crippen molar-refractivity contribution >= 4 is 66.0 Å². The molecule has 5 heterocycles. The quantitative estimate of drug-likeness (QED) is 0.0885. The van der Waals surface area contributed by atoms with Gasteiger partial charge >= 0.3 is 64.8 Å². The number of allylic oxidation sites excluding steroid dienone is 4. The topological polar surface area (TPSA) is 355 Å². The second kappa shape index (κ2) is 19.5. The number of rotatable bonds is 20. The van der Waals surface area contributed by atoms with Crippen LogP contribution < -0.4 is 20.7 Å². The van der Waals surface area contributed by atoms with Gasteiger partial charge in [-0.25, -0.2) is 0 Å². The number of carboxylic acids is 8. The fourth-order valence-electron chi connectivity index (χ4n) is 8.27. The number of carboxylic acid groups (broad SMARTS) is 8. The molecular formula is C42H42FeN4O16. The van der Waals surface area contributed by atoms with Gasteiger partial charge in [-0.1, -0.05) is 60.4 Å². The molecule has 0 fully saturated rings. The fourth-order valence-corrected chi connectivity index (χ4v) is 8.27. The van der Waals surface area contributed by atoms with E-state index in [4.69, 9.17) is 10.6 Å². The summed E-state index contributed by atoms with van der Waals surface area (Å²) in [6.07, 6.45) is -0.609. The molecule has 0 radical (unpaired) electrons. The molecule has 5 rings (SSSR count). The molecule has 3 aliphatic rings. The summed E-state index contributed by atoms with van der Waals surface area (Å²) in [4.78, 5) is 107. The molecule has 8 N–H and O–H groups in total. The molecule has 3 aliphatic heterocycles. The van der Waals surface area contributed by atoms with E-state index in [0.29, 0.717) is 0 Å². The van der Waals surface area contributed by atoms with Crippen LogP contribution in [0.1, 0.15) is 98.9 Å². The van der Waals surface area contributed by atoms with Crippen LogP contribution in [0.4, 0.5) is 0 Å². The average molecular weight is 915 g/mol. The number of carbonyl (C=O) groups is 8. The first-order valence-electron chi connectivity index (χ1n) is 19.2. The van der Waals surface area contributed by atoms with E-state index in [9.17, 15) is 79.2 Å². The third-order valence-corrected chi connectivity index (χ3v) is 11.1. The first-order chi connectivity index (χ1) is 29.0. The Morgan fingerprint density at radius 3 is 1.30 bits per heavy atom. The second-order valence-electron chi connectivity index (χ2n) is 15.5. The largest absolute Gasteiger partial charge is 4.00 e. The van der Waals surface area contributed by atoms with Gasteiger partial charge in [0, 0.05) is 36.5 Å². The maximum Gasteiger partial charge on any atom is 4.00 e. The van der Waals surface area contributed by atoms with Crippen LogP contribution in [0.2, 0.25) is 0 Å². The summed E-state index contributed by atoms with van der Waals surface area (Å²) in [5.74, 6) is -10.4. The van der Waals surface area contributed by atoms with E-state index >= 15 is 0 Å². The summed E-state index contributed by atoms with van der Waals surface area (Å²) in [5.41, 5.74) is -2.71. The third-order valence-electron chi connectivity index (χ3n) is 11.1. The van der Waals surface area contributed by atoms with Gasteiger partial charge in [-0.15, -0.1) is 33.5 Å². The van der Waals surface area contributed by atoms with Crippen LogP contribution in [0.3, 0.4) is 0 Å².